The molecule has 1 aromatic carbocycles. The molecule has 0 aliphatic rings. The molecule has 0 fully saturated rings. The molecule has 1 aromatic rings. The molecule has 0 aliphatic heterocycles. The second kappa shape index (κ2) is 6.46. The van der Waals surface area contributed by atoms with Gasteiger partial charge in [0.25, 0.3) is 5.69 Å². The molecule has 0 aromatic heterocycles. The molecule has 0 amide bonds. The second-order valence-corrected chi connectivity index (χ2v) is 6.13. The third kappa shape index (κ3) is 4.97. The summed E-state index contributed by atoms with van der Waals surface area (Å²) in [5.41, 5.74) is 3.85. The quantitative estimate of drug-likeness (QED) is 0.488. The number of anilines is 1. The van der Waals surface area contributed by atoms with E-state index in [2.05, 4.69) is 10.5 Å². The monoisotopic (exact) mass is 312 g/mol. The van der Waals surface area contributed by atoms with Crippen molar-refractivity contribution in [3.8, 4) is 0 Å². The lowest BCUT2D eigenvalue weighted by Gasteiger charge is -2.05. The lowest BCUT2D eigenvalue weighted by molar-refractivity contribution is -0.384. The summed E-state index contributed by atoms with van der Waals surface area (Å²) in [4.78, 5) is 9.96. The predicted octanol–water partition coefficient (Wildman–Crippen LogP) is 2.00. The molecule has 0 heterocycles. The molecule has 0 radical (unpaired) electrons. The summed E-state index contributed by atoms with van der Waals surface area (Å²) in [5.74, 6) is 0. The summed E-state index contributed by atoms with van der Waals surface area (Å²) in [6, 6.07) is 3.32. The Kier molecular flexibility index (Phi) is 5.17. The third-order valence-corrected chi connectivity index (χ3v) is 3.26. The molecule has 0 bridgehead atoms. The van der Waals surface area contributed by atoms with Crippen molar-refractivity contribution in [1.29, 1.82) is 0 Å². The van der Waals surface area contributed by atoms with E-state index in [1.165, 1.54) is 12.1 Å². The van der Waals surface area contributed by atoms with Crippen molar-refractivity contribution in [2.75, 3.05) is 5.43 Å². The molecule has 8 nitrogen and oxygen atoms in total. The van der Waals surface area contributed by atoms with E-state index >= 15 is 0 Å². The molecular formula is C12H16N4O4S. The predicted molar refractivity (Wildman–Crippen MR) is 80.6 cm³/mol. The maximum Gasteiger partial charge on any atom is 0.295 e. The van der Waals surface area contributed by atoms with Gasteiger partial charge in [0.2, 0.25) is 10.0 Å². The van der Waals surface area contributed by atoms with Crippen molar-refractivity contribution < 1.29 is 13.3 Å². The number of rotatable bonds is 5. The average molecular weight is 312 g/mol. The lowest BCUT2D eigenvalue weighted by atomic mass is 10.2. The normalized spacial score (nSPS) is 11.9. The number of nitrogens with zero attached hydrogens (tertiary/aromatic N) is 2. The van der Waals surface area contributed by atoms with E-state index in [-0.39, 0.29) is 10.6 Å². The average Bonchev–Trinajstić information content (AvgIpc) is 2.34. The molecule has 0 saturated heterocycles. The first-order valence-corrected chi connectivity index (χ1v) is 7.42. The van der Waals surface area contributed by atoms with Crippen LogP contribution in [-0.2, 0) is 10.0 Å². The number of nitro groups is 1. The summed E-state index contributed by atoms with van der Waals surface area (Å²) in [5, 5.41) is 19.9. The number of allylic oxidation sites excluding steroid dienone is 2. The zero-order chi connectivity index (χ0) is 16.2. The maximum absolute atomic E-state index is 11.2. The van der Waals surface area contributed by atoms with Gasteiger partial charge in [0.15, 0.2) is 0 Å². The van der Waals surface area contributed by atoms with E-state index in [1.54, 1.807) is 13.0 Å². The van der Waals surface area contributed by atoms with Crippen LogP contribution >= 0.6 is 0 Å². The number of benzene rings is 1. The van der Waals surface area contributed by atoms with Crippen molar-refractivity contribution in [2.24, 2.45) is 10.2 Å². The number of primary sulfonamides is 1. The Hall–Kier alpha value is -2.26. The Morgan fingerprint density at radius 2 is 2.00 bits per heavy atom. The minimum atomic E-state index is -4.00. The molecule has 0 spiro atoms. The first kappa shape index (κ1) is 16.8. The van der Waals surface area contributed by atoms with Crippen molar-refractivity contribution >= 4 is 27.1 Å². The van der Waals surface area contributed by atoms with Crippen LogP contribution in [0.5, 0.6) is 0 Å². The highest BCUT2D eigenvalue weighted by Gasteiger charge is 2.18. The van der Waals surface area contributed by atoms with Crippen LogP contribution < -0.4 is 10.6 Å². The fourth-order valence-electron chi connectivity index (χ4n) is 1.53. The summed E-state index contributed by atoms with van der Waals surface area (Å²) >= 11 is 0. The van der Waals surface area contributed by atoms with Crippen LogP contribution in [0.1, 0.15) is 20.8 Å². The molecule has 3 N–H and O–H groups in total. The molecule has 21 heavy (non-hydrogen) atoms. The highest BCUT2D eigenvalue weighted by atomic mass is 32.2. The van der Waals surface area contributed by atoms with E-state index in [9.17, 15) is 18.5 Å². The summed E-state index contributed by atoms with van der Waals surface area (Å²) < 4.78 is 22.4. The van der Waals surface area contributed by atoms with E-state index in [1.807, 2.05) is 13.8 Å². The molecular weight excluding hydrogens is 296 g/mol. The van der Waals surface area contributed by atoms with Gasteiger partial charge in [-0.25, -0.2) is 13.6 Å². The summed E-state index contributed by atoms with van der Waals surface area (Å²) in [6.45, 7) is 5.51. The second-order valence-electron chi connectivity index (χ2n) is 4.57. The minimum absolute atomic E-state index is 0.0777. The van der Waals surface area contributed by atoms with Gasteiger partial charge < -0.3 is 0 Å². The zero-order valence-electron chi connectivity index (χ0n) is 11.8. The van der Waals surface area contributed by atoms with Gasteiger partial charge in [-0.15, -0.1) is 0 Å². The topological polar surface area (TPSA) is 128 Å². The summed E-state index contributed by atoms with van der Waals surface area (Å²) in [7, 11) is -4.00. The molecule has 1 rings (SSSR count). The molecule has 9 heteroatoms. The standard InChI is InChI=1S/C12H16N4O4S/c1-8(2)6-9(3)14-15-11-5-4-10(21(13,19)20)7-12(11)16(17)18/h4-7,15H,1-3H3,(H2,13,19,20)/b14-9+. The van der Waals surface area contributed by atoms with Gasteiger partial charge in [-0.05, 0) is 39.0 Å². The Morgan fingerprint density at radius 1 is 1.38 bits per heavy atom. The fourth-order valence-corrected chi connectivity index (χ4v) is 2.07. The van der Waals surface area contributed by atoms with Crippen LogP contribution in [-0.4, -0.2) is 19.1 Å². The van der Waals surface area contributed by atoms with Crippen LogP contribution in [0.2, 0.25) is 0 Å². The van der Waals surface area contributed by atoms with Crippen LogP contribution in [0, 0.1) is 10.1 Å². The Morgan fingerprint density at radius 3 is 2.48 bits per heavy atom. The highest BCUT2D eigenvalue weighted by molar-refractivity contribution is 7.89. The first-order valence-electron chi connectivity index (χ1n) is 5.87. The van der Waals surface area contributed by atoms with Crippen molar-refractivity contribution in [2.45, 2.75) is 25.7 Å². The summed E-state index contributed by atoms with van der Waals surface area (Å²) in [6.07, 6.45) is 1.79. The van der Waals surface area contributed by atoms with Crippen LogP contribution in [0.3, 0.4) is 0 Å². The number of nitro benzene ring substituents is 1. The maximum atomic E-state index is 11.2. The minimum Gasteiger partial charge on any atom is -0.271 e. The van der Waals surface area contributed by atoms with E-state index in [0.717, 1.165) is 11.6 Å². The molecule has 0 saturated carbocycles. The van der Waals surface area contributed by atoms with Gasteiger partial charge >= 0.3 is 0 Å². The van der Waals surface area contributed by atoms with Crippen molar-refractivity contribution in [3.05, 3.63) is 40.0 Å². The van der Waals surface area contributed by atoms with Gasteiger partial charge in [0.05, 0.1) is 15.5 Å². The number of nitrogens with one attached hydrogen (secondary N) is 1. The zero-order valence-corrected chi connectivity index (χ0v) is 12.6. The lowest BCUT2D eigenvalue weighted by Crippen LogP contribution is -2.12. The van der Waals surface area contributed by atoms with Crippen LogP contribution in [0.25, 0.3) is 0 Å². The number of sulfonamides is 1. The van der Waals surface area contributed by atoms with Gasteiger partial charge in [-0.3, -0.25) is 15.5 Å². The van der Waals surface area contributed by atoms with Crippen molar-refractivity contribution in [3.63, 3.8) is 0 Å². The number of hydrogen-bond acceptors (Lipinski definition) is 6. The van der Waals surface area contributed by atoms with E-state index in [0.29, 0.717) is 5.71 Å². The number of hydrogen-bond donors (Lipinski definition) is 2. The van der Waals surface area contributed by atoms with Gasteiger partial charge in [0, 0.05) is 6.07 Å². The largest absolute Gasteiger partial charge is 0.295 e. The molecule has 114 valence electrons. The Labute approximate surface area is 122 Å². The SMILES string of the molecule is CC(C)=C/C(C)=N/Nc1ccc(S(N)(=O)=O)cc1[N+](=O)[O-]. The highest BCUT2D eigenvalue weighted by Crippen LogP contribution is 2.27. The van der Waals surface area contributed by atoms with Gasteiger partial charge in [-0.2, -0.15) is 5.10 Å². The Balaban J connectivity index is 3.20. The number of hydrazone groups is 1. The van der Waals surface area contributed by atoms with Gasteiger partial charge in [0.1, 0.15) is 5.69 Å². The molecule has 0 unspecified atom stereocenters. The van der Waals surface area contributed by atoms with Crippen molar-refractivity contribution in [1.82, 2.24) is 0 Å². The van der Waals surface area contributed by atoms with Gasteiger partial charge in [-0.1, -0.05) is 5.57 Å². The van der Waals surface area contributed by atoms with E-state index < -0.39 is 20.6 Å². The van der Waals surface area contributed by atoms with E-state index in [4.69, 9.17) is 5.14 Å². The number of nitrogens with two attached hydrogens (primary N) is 1. The van der Waals surface area contributed by atoms with Crippen LogP contribution in [0.15, 0.2) is 39.8 Å². The Bertz CT molecular complexity index is 719. The molecule has 0 atom stereocenters. The fraction of sp³-hybridized carbons (Fsp3) is 0.250. The third-order valence-electron chi connectivity index (χ3n) is 2.34. The van der Waals surface area contributed by atoms with Crippen LogP contribution in [0.4, 0.5) is 11.4 Å². The molecule has 0 aliphatic carbocycles. The first-order chi connectivity index (χ1) is 9.61. The smallest absolute Gasteiger partial charge is 0.271 e.